The summed E-state index contributed by atoms with van der Waals surface area (Å²) in [4.78, 5) is 39.4. The zero-order chi connectivity index (χ0) is 26.3. The van der Waals surface area contributed by atoms with Crippen molar-refractivity contribution in [3.63, 3.8) is 0 Å². The number of aliphatic hydroxyl groups excluding tert-OH is 2. The standard InChI is InChI=1S/C26H34O10/c1-13-15-9-17(28)24(3)16(25(15,12-27)18(35-13)10-19(29)33-4)5-7-23(2)21(14-6-8-34-11-14)36-22(31)20(30)26(23,24)32/h6,8,11,13,15-16,18,20-21,27,30,32H,5,7,9-10,12H2,1-4H3/t13-,15?,16?,18+,20-,21+,23+,24+,25+,26-/m1/s1. The van der Waals surface area contributed by atoms with Crippen LogP contribution in [0.15, 0.2) is 23.0 Å². The summed E-state index contributed by atoms with van der Waals surface area (Å²) in [5.74, 6) is -2.96. The van der Waals surface area contributed by atoms with Crippen molar-refractivity contribution in [1.82, 2.24) is 0 Å². The van der Waals surface area contributed by atoms with Crippen molar-refractivity contribution in [3.8, 4) is 0 Å². The fraction of sp³-hybridized carbons (Fsp3) is 0.731. The number of esters is 2. The number of aliphatic hydroxyl groups is 3. The van der Waals surface area contributed by atoms with Gasteiger partial charge in [-0.25, -0.2) is 4.79 Å². The van der Waals surface area contributed by atoms with Crippen LogP contribution in [-0.2, 0) is 28.6 Å². The summed E-state index contributed by atoms with van der Waals surface area (Å²) in [6.07, 6.45) is -0.836. The van der Waals surface area contributed by atoms with E-state index in [4.69, 9.17) is 18.6 Å². The van der Waals surface area contributed by atoms with E-state index >= 15 is 0 Å². The first-order valence-corrected chi connectivity index (χ1v) is 12.4. The molecule has 1 aromatic rings. The van der Waals surface area contributed by atoms with Gasteiger partial charge in [0.15, 0.2) is 6.10 Å². The van der Waals surface area contributed by atoms with Crippen molar-refractivity contribution in [2.24, 2.45) is 28.1 Å². The number of hydrogen-bond acceptors (Lipinski definition) is 10. The molecule has 3 heterocycles. The van der Waals surface area contributed by atoms with Crippen LogP contribution in [-0.4, -0.2) is 70.7 Å². The molecule has 0 amide bonds. The summed E-state index contributed by atoms with van der Waals surface area (Å²) in [7, 11) is 1.27. The SMILES string of the molecule is COC(=O)C[C@@H]1O[C@H](C)C2CC(=O)[C@]3(C)C(CC[C@@]4(C)[C@H](c5ccoc5)OC(=O)[C@@H](O)[C@@]43O)[C@]21CO. The zero-order valence-electron chi connectivity index (χ0n) is 20.9. The van der Waals surface area contributed by atoms with Gasteiger partial charge in [0.25, 0.3) is 0 Å². The quantitative estimate of drug-likeness (QED) is 0.510. The number of carbonyl (C=O) groups is 3. The maximum absolute atomic E-state index is 14.1. The lowest BCUT2D eigenvalue weighted by atomic mass is 9.36. The van der Waals surface area contributed by atoms with Crippen molar-refractivity contribution >= 4 is 17.7 Å². The number of ketones is 1. The first-order valence-electron chi connectivity index (χ1n) is 12.4. The Kier molecular flexibility index (Phi) is 5.72. The van der Waals surface area contributed by atoms with Crippen molar-refractivity contribution in [2.75, 3.05) is 13.7 Å². The molecule has 3 N–H and O–H groups in total. The molecule has 0 spiro atoms. The zero-order valence-corrected chi connectivity index (χ0v) is 20.9. The van der Waals surface area contributed by atoms with E-state index in [1.807, 2.05) is 6.92 Å². The van der Waals surface area contributed by atoms with E-state index in [1.54, 1.807) is 19.9 Å². The third-order valence-corrected chi connectivity index (χ3v) is 10.3. The molecule has 2 saturated carbocycles. The van der Waals surface area contributed by atoms with Crippen molar-refractivity contribution in [3.05, 3.63) is 24.2 Å². The molecule has 1 aromatic heterocycles. The normalized spacial score (nSPS) is 48.0. The molecule has 198 valence electrons. The molecule has 10 nitrogen and oxygen atoms in total. The topological polar surface area (TPSA) is 153 Å². The van der Waals surface area contributed by atoms with E-state index < -0.39 is 76.6 Å². The highest BCUT2D eigenvalue weighted by Gasteiger charge is 2.81. The second kappa shape index (κ2) is 8.11. The number of carbonyl (C=O) groups excluding carboxylic acids is 3. The molecule has 4 fully saturated rings. The van der Waals surface area contributed by atoms with Gasteiger partial charge in [0.1, 0.15) is 17.5 Å². The Hall–Kier alpha value is -2.27. The van der Waals surface area contributed by atoms with Gasteiger partial charge in [-0.15, -0.1) is 0 Å². The Morgan fingerprint density at radius 1 is 1.28 bits per heavy atom. The second-order valence-electron chi connectivity index (χ2n) is 11.4. The molecule has 0 aromatic carbocycles. The summed E-state index contributed by atoms with van der Waals surface area (Å²) in [6.45, 7) is 4.71. The Bertz CT molecular complexity index is 1070. The minimum atomic E-state index is -2.23. The predicted molar refractivity (Wildman–Crippen MR) is 121 cm³/mol. The van der Waals surface area contributed by atoms with Gasteiger partial charge in [0.2, 0.25) is 0 Å². The van der Waals surface area contributed by atoms with Crippen LogP contribution >= 0.6 is 0 Å². The lowest BCUT2D eigenvalue weighted by Crippen LogP contribution is -2.80. The maximum Gasteiger partial charge on any atom is 0.338 e. The largest absolute Gasteiger partial charge is 0.472 e. The number of hydrogen-bond donors (Lipinski definition) is 3. The molecule has 4 aliphatic rings. The molecule has 10 heteroatoms. The van der Waals surface area contributed by atoms with Crippen molar-refractivity contribution in [2.45, 2.75) is 76.5 Å². The summed E-state index contributed by atoms with van der Waals surface area (Å²) in [6, 6.07) is 1.63. The monoisotopic (exact) mass is 506 g/mol. The van der Waals surface area contributed by atoms with Gasteiger partial charge >= 0.3 is 11.9 Å². The van der Waals surface area contributed by atoms with E-state index in [0.29, 0.717) is 12.0 Å². The number of cyclic esters (lactones) is 1. The van der Waals surface area contributed by atoms with Crippen LogP contribution in [0.3, 0.4) is 0 Å². The molecule has 0 radical (unpaired) electrons. The van der Waals surface area contributed by atoms with Crippen LogP contribution in [0.25, 0.3) is 0 Å². The van der Waals surface area contributed by atoms with E-state index in [1.165, 1.54) is 19.6 Å². The predicted octanol–water partition coefficient (Wildman–Crippen LogP) is 1.31. The lowest BCUT2D eigenvalue weighted by molar-refractivity contribution is -0.319. The van der Waals surface area contributed by atoms with Gasteiger partial charge in [0, 0.05) is 28.7 Å². The van der Waals surface area contributed by atoms with Gasteiger partial charge < -0.3 is 33.9 Å². The maximum atomic E-state index is 14.1. The molecular formula is C26H34O10. The Balaban J connectivity index is 1.69. The fourth-order valence-electron chi connectivity index (χ4n) is 8.47. The summed E-state index contributed by atoms with van der Waals surface area (Å²) in [5.41, 5.74) is -5.69. The van der Waals surface area contributed by atoms with E-state index in [0.717, 1.165) is 0 Å². The second-order valence-corrected chi connectivity index (χ2v) is 11.4. The Labute approximate surface area is 208 Å². The molecule has 2 unspecified atom stereocenters. The number of fused-ring (bicyclic) bond motifs is 5. The molecular weight excluding hydrogens is 472 g/mol. The van der Waals surface area contributed by atoms with Crippen LogP contribution in [0, 0.1) is 28.1 Å². The fourth-order valence-corrected chi connectivity index (χ4v) is 8.47. The van der Waals surface area contributed by atoms with Crippen molar-refractivity contribution < 1.29 is 48.3 Å². The van der Waals surface area contributed by atoms with E-state index in [-0.39, 0.29) is 25.0 Å². The third-order valence-electron chi connectivity index (χ3n) is 10.3. The highest BCUT2D eigenvalue weighted by atomic mass is 16.6. The highest BCUT2D eigenvalue weighted by Crippen LogP contribution is 2.73. The van der Waals surface area contributed by atoms with Crippen LogP contribution in [0.2, 0.25) is 0 Å². The number of furan rings is 1. The number of Topliss-reactive ketones (excluding diaryl/α,β-unsaturated/α-hetero) is 1. The molecule has 5 rings (SSSR count). The molecule has 2 saturated heterocycles. The first-order chi connectivity index (χ1) is 16.9. The molecule has 36 heavy (non-hydrogen) atoms. The minimum absolute atomic E-state index is 0.0388. The lowest BCUT2D eigenvalue weighted by Gasteiger charge is -2.69. The van der Waals surface area contributed by atoms with Gasteiger partial charge in [-0.3, -0.25) is 9.59 Å². The Morgan fingerprint density at radius 3 is 2.61 bits per heavy atom. The van der Waals surface area contributed by atoms with Gasteiger partial charge in [-0.2, -0.15) is 0 Å². The smallest absolute Gasteiger partial charge is 0.338 e. The van der Waals surface area contributed by atoms with E-state index in [9.17, 15) is 29.7 Å². The van der Waals surface area contributed by atoms with Crippen LogP contribution < -0.4 is 0 Å². The number of methoxy groups -OCH3 is 1. The molecule has 0 bridgehead atoms. The van der Waals surface area contributed by atoms with Crippen LogP contribution in [0.5, 0.6) is 0 Å². The third kappa shape index (κ3) is 2.78. The molecule has 2 aliphatic carbocycles. The van der Waals surface area contributed by atoms with E-state index in [2.05, 4.69) is 0 Å². The number of rotatable bonds is 4. The molecule has 10 atom stereocenters. The van der Waals surface area contributed by atoms with Gasteiger partial charge in [-0.1, -0.05) is 6.92 Å². The van der Waals surface area contributed by atoms with Crippen LogP contribution in [0.4, 0.5) is 0 Å². The van der Waals surface area contributed by atoms with Crippen molar-refractivity contribution in [1.29, 1.82) is 0 Å². The first kappa shape index (κ1) is 25.4. The van der Waals surface area contributed by atoms with Crippen LogP contribution in [0.1, 0.15) is 58.1 Å². The summed E-state index contributed by atoms with van der Waals surface area (Å²) < 4.78 is 21.9. The number of ether oxygens (including phenoxy) is 3. The minimum Gasteiger partial charge on any atom is -0.472 e. The van der Waals surface area contributed by atoms with Gasteiger partial charge in [-0.05, 0) is 38.7 Å². The summed E-state index contributed by atoms with van der Waals surface area (Å²) >= 11 is 0. The average molecular weight is 507 g/mol. The van der Waals surface area contributed by atoms with Gasteiger partial charge in [0.05, 0.1) is 50.3 Å². The summed E-state index contributed by atoms with van der Waals surface area (Å²) in [5, 5.41) is 34.8. The Morgan fingerprint density at radius 2 is 2.00 bits per heavy atom. The molecule has 2 aliphatic heterocycles. The average Bonchev–Trinajstić information content (AvgIpc) is 3.47. The highest BCUT2D eigenvalue weighted by molar-refractivity contribution is 5.91.